The van der Waals surface area contributed by atoms with Gasteiger partial charge >= 0.3 is 0 Å². The normalized spacial score (nSPS) is 34.8. The fraction of sp³-hybridized carbons (Fsp3) is 0.645. The Kier molecular flexibility index (Phi) is 8.45. The van der Waals surface area contributed by atoms with Crippen LogP contribution in [0.1, 0.15) is 32.1 Å². The summed E-state index contributed by atoms with van der Waals surface area (Å²) in [5, 5.41) is 16.6. The van der Waals surface area contributed by atoms with E-state index in [-0.39, 0.29) is 42.0 Å². The summed E-state index contributed by atoms with van der Waals surface area (Å²) in [6.45, 7) is 7.04. The molecule has 1 saturated carbocycles. The van der Waals surface area contributed by atoms with Crippen molar-refractivity contribution in [2.45, 2.75) is 68.3 Å². The number of hydrogen-bond donors (Lipinski definition) is 2. The number of ether oxygens (including phenoxy) is 2. The van der Waals surface area contributed by atoms with Crippen LogP contribution in [-0.4, -0.2) is 116 Å². The quantitative estimate of drug-likeness (QED) is 0.466. The molecule has 4 aliphatic heterocycles. The van der Waals surface area contributed by atoms with E-state index < -0.39 is 23.8 Å². The average Bonchev–Trinajstić information content (AvgIpc) is 3.42. The highest BCUT2D eigenvalue weighted by Gasteiger charge is 2.58. The largest absolute Gasteiger partial charge is 0.472 e. The van der Waals surface area contributed by atoms with Crippen molar-refractivity contribution in [3.8, 4) is 11.8 Å². The number of halogens is 1. The van der Waals surface area contributed by atoms with Crippen LogP contribution in [0.25, 0.3) is 0 Å². The molecule has 1 aromatic rings. The number of carbonyl (C=O) groups excluding carboxylic acids is 2. The number of carbonyl (C=O) groups is 2. The lowest BCUT2D eigenvalue weighted by atomic mass is 9.71. The van der Waals surface area contributed by atoms with Crippen molar-refractivity contribution in [1.82, 2.24) is 25.3 Å². The van der Waals surface area contributed by atoms with Crippen LogP contribution in [0.4, 0.5) is 10.1 Å². The van der Waals surface area contributed by atoms with Crippen LogP contribution in [0.15, 0.2) is 30.9 Å². The maximum atomic E-state index is 14.9. The molecule has 6 rings (SSSR count). The second-order valence-corrected chi connectivity index (χ2v) is 12.6. The molecule has 1 spiro atoms. The Hall–Kier alpha value is -3.08. The van der Waals surface area contributed by atoms with Gasteiger partial charge in [-0.25, -0.2) is 4.39 Å². The van der Waals surface area contributed by atoms with Gasteiger partial charge in [-0.2, -0.15) is 5.26 Å². The highest BCUT2D eigenvalue weighted by molar-refractivity contribution is 5.95. The van der Waals surface area contributed by atoms with E-state index in [4.69, 9.17) is 9.47 Å². The average molecular weight is 596 g/mol. The number of fused-ring (bicyclic) bond motifs is 2. The Morgan fingerprint density at radius 3 is 2.84 bits per heavy atom. The van der Waals surface area contributed by atoms with E-state index in [1.807, 2.05) is 11.9 Å². The highest BCUT2D eigenvalue weighted by atomic mass is 19.1. The predicted molar refractivity (Wildman–Crippen MR) is 158 cm³/mol. The summed E-state index contributed by atoms with van der Waals surface area (Å²) in [6, 6.07) is 6.47. The standard InChI is InChI=1S/C31H42FN7O4/c1-4-25(40)39-16-15-38(17-20(39)11-13-33)29-22-10-12-31(19-37(3)24-9-5-8-23(32)27(24)43-31)28(41)26(22)34-30(35-29)42-18-21-7-6-14-36(21)2/h4-5,8-9,20-22,26,29-30,34-35H,1,6-7,10-12,14-19H2,2-3H3/t20?,21?,22?,26?,29?,30?,31-/m0/s1. The Bertz CT molecular complexity index is 1290. The number of nitriles is 1. The first-order valence-electron chi connectivity index (χ1n) is 15.4. The van der Waals surface area contributed by atoms with Gasteiger partial charge in [-0.05, 0) is 57.5 Å². The number of likely N-dealkylation sites (tertiary alicyclic amines) is 1. The van der Waals surface area contributed by atoms with Gasteiger partial charge < -0.3 is 24.2 Å². The number of nitrogens with zero attached hydrogens (tertiary/aromatic N) is 5. The summed E-state index contributed by atoms with van der Waals surface area (Å²) >= 11 is 0. The van der Waals surface area contributed by atoms with Crippen molar-refractivity contribution in [2.75, 3.05) is 58.3 Å². The molecule has 1 aromatic carbocycles. The van der Waals surface area contributed by atoms with Crippen LogP contribution in [0.3, 0.4) is 0 Å². The molecule has 11 nitrogen and oxygen atoms in total. The van der Waals surface area contributed by atoms with Crippen LogP contribution in [0, 0.1) is 23.1 Å². The first kappa shape index (κ1) is 30.0. The van der Waals surface area contributed by atoms with Gasteiger partial charge in [0.1, 0.15) is 0 Å². The number of benzene rings is 1. The summed E-state index contributed by atoms with van der Waals surface area (Å²) < 4.78 is 27.6. The first-order valence-corrected chi connectivity index (χ1v) is 15.4. The summed E-state index contributed by atoms with van der Waals surface area (Å²) in [6.07, 6.45) is 3.96. The van der Waals surface area contributed by atoms with Crippen molar-refractivity contribution in [1.29, 1.82) is 5.26 Å². The zero-order valence-electron chi connectivity index (χ0n) is 25.0. The number of hydrogen-bond acceptors (Lipinski definition) is 10. The molecule has 1 aliphatic carbocycles. The molecule has 5 aliphatic rings. The summed E-state index contributed by atoms with van der Waals surface area (Å²) in [5.41, 5.74) is -0.552. The number of likely N-dealkylation sites (N-methyl/N-ethyl adjacent to an activating group) is 2. The molecule has 0 aromatic heterocycles. The SMILES string of the molecule is C=CC(=O)N1CCN(C2NC(OCC3CCCN3C)NC3C(=O)[C@]4(CCC32)CN(C)c2cccc(F)c2O4)CC1CC#N. The van der Waals surface area contributed by atoms with E-state index in [0.29, 0.717) is 57.4 Å². The lowest BCUT2D eigenvalue weighted by Gasteiger charge is -2.55. The van der Waals surface area contributed by atoms with Crippen molar-refractivity contribution in [3.63, 3.8) is 0 Å². The van der Waals surface area contributed by atoms with Gasteiger partial charge in [-0.3, -0.25) is 25.1 Å². The van der Waals surface area contributed by atoms with Gasteiger partial charge in [-0.15, -0.1) is 0 Å². The van der Waals surface area contributed by atoms with E-state index in [1.54, 1.807) is 17.0 Å². The fourth-order valence-electron chi connectivity index (χ4n) is 7.74. The van der Waals surface area contributed by atoms with E-state index in [1.165, 1.54) is 12.1 Å². The predicted octanol–water partition coefficient (Wildman–Crippen LogP) is 1.27. The third kappa shape index (κ3) is 5.53. The summed E-state index contributed by atoms with van der Waals surface area (Å²) in [4.78, 5) is 35.2. The van der Waals surface area contributed by atoms with Gasteiger partial charge in [-0.1, -0.05) is 12.6 Å². The molecule has 6 unspecified atom stereocenters. The molecular weight excluding hydrogens is 553 g/mol. The van der Waals surface area contributed by atoms with Crippen molar-refractivity contribution in [3.05, 3.63) is 36.7 Å². The van der Waals surface area contributed by atoms with Gasteiger partial charge in [0.25, 0.3) is 0 Å². The lowest BCUT2D eigenvalue weighted by molar-refractivity contribution is -0.159. The molecule has 0 radical (unpaired) electrons. The van der Waals surface area contributed by atoms with Crippen LogP contribution < -0.4 is 20.3 Å². The fourth-order valence-corrected chi connectivity index (χ4v) is 7.74. The molecule has 4 heterocycles. The zero-order chi connectivity index (χ0) is 30.3. The first-order chi connectivity index (χ1) is 20.7. The number of ketones is 1. The monoisotopic (exact) mass is 595 g/mol. The summed E-state index contributed by atoms with van der Waals surface area (Å²) in [5.74, 6) is -0.761. The third-order valence-electron chi connectivity index (χ3n) is 10.1. The second-order valence-electron chi connectivity index (χ2n) is 12.6. The van der Waals surface area contributed by atoms with E-state index in [9.17, 15) is 19.2 Å². The molecule has 12 heteroatoms. The summed E-state index contributed by atoms with van der Waals surface area (Å²) in [7, 11) is 3.97. The molecule has 0 bridgehead atoms. The second kappa shape index (κ2) is 12.1. The van der Waals surface area contributed by atoms with Crippen molar-refractivity contribution >= 4 is 17.4 Å². The minimum Gasteiger partial charge on any atom is -0.472 e. The minimum atomic E-state index is -1.19. The van der Waals surface area contributed by atoms with Gasteiger partial charge in [0.2, 0.25) is 5.91 Å². The lowest BCUT2D eigenvalue weighted by Crippen LogP contribution is -2.77. The molecule has 4 fully saturated rings. The maximum absolute atomic E-state index is 14.9. The molecule has 3 saturated heterocycles. The van der Waals surface area contributed by atoms with E-state index in [2.05, 4.69) is 40.1 Å². The van der Waals surface area contributed by atoms with Crippen LogP contribution in [0.2, 0.25) is 0 Å². The maximum Gasteiger partial charge on any atom is 0.246 e. The zero-order valence-corrected chi connectivity index (χ0v) is 25.0. The van der Waals surface area contributed by atoms with Crippen LogP contribution in [-0.2, 0) is 14.3 Å². The minimum absolute atomic E-state index is 0.100. The highest BCUT2D eigenvalue weighted by Crippen LogP contribution is 2.45. The Morgan fingerprint density at radius 1 is 1.26 bits per heavy atom. The Balaban J connectivity index is 1.26. The molecule has 2 N–H and O–H groups in total. The number of Topliss-reactive ketones (excluding diaryl/α,β-unsaturated/α-hetero) is 1. The topological polar surface area (TPSA) is 113 Å². The molecule has 7 atom stereocenters. The number of amides is 1. The van der Waals surface area contributed by atoms with Crippen LogP contribution >= 0.6 is 0 Å². The van der Waals surface area contributed by atoms with E-state index >= 15 is 0 Å². The number of para-hydroxylation sites is 1. The van der Waals surface area contributed by atoms with Gasteiger partial charge in [0.15, 0.2) is 29.3 Å². The van der Waals surface area contributed by atoms with Crippen LogP contribution in [0.5, 0.6) is 5.75 Å². The Morgan fingerprint density at radius 2 is 2.09 bits per heavy atom. The van der Waals surface area contributed by atoms with Crippen molar-refractivity contribution in [2.24, 2.45) is 5.92 Å². The number of piperazine rings is 1. The molecule has 1 amide bonds. The smallest absolute Gasteiger partial charge is 0.246 e. The molecule has 232 valence electrons. The Labute approximate surface area is 252 Å². The van der Waals surface area contributed by atoms with E-state index in [0.717, 1.165) is 19.4 Å². The number of anilines is 1. The number of nitrogens with one attached hydrogen (secondary N) is 2. The third-order valence-corrected chi connectivity index (χ3v) is 10.1. The molecule has 43 heavy (non-hydrogen) atoms. The number of rotatable bonds is 6. The van der Waals surface area contributed by atoms with Crippen molar-refractivity contribution < 1.29 is 23.5 Å². The van der Waals surface area contributed by atoms with Gasteiger partial charge in [0.05, 0.1) is 49.6 Å². The molecular formula is C31H42FN7O4. The van der Waals surface area contributed by atoms with Gasteiger partial charge in [0, 0.05) is 38.6 Å².